The average Bonchev–Trinajstić information content (AvgIpc) is 3.54. The molecule has 2 bridgehead atoms. The molecule has 10 heteroatoms. The van der Waals surface area contributed by atoms with Crippen LogP contribution in [-0.2, 0) is 11.2 Å². The number of H-pyrrole nitrogens is 1. The maximum atomic E-state index is 16.3. The molecule has 38 heavy (non-hydrogen) atoms. The third-order valence-corrected chi connectivity index (χ3v) is 9.58. The summed E-state index contributed by atoms with van der Waals surface area (Å²) in [4.78, 5) is 34.1. The summed E-state index contributed by atoms with van der Waals surface area (Å²) in [6.45, 7) is 0. The molecule has 3 fully saturated rings. The number of halogens is 2. The van der Waals surface area contributed by atoms with Crippen molar-refractivity contribution in [2.24, 2.45) is 23.7 Å². The summed E-state index contributed by atoms with van der Waals surface area (Å²) in [6.07, 6.45) is 7.24. The molecule has 2 atom stereocenters. The topological polar surface area (TPSA) is 105 Å². The van der Waals surface area contributed by atoms with Gasteiger partial charge in [0, 0.05) is 10.9 Å². The molecule has 0 aliphatic heterocycles. The number of nitrogens with one attached hydrogen (secondary N) is 1. The first kappa shape index (κ1) is 23.7. The standard InChI is InChI=1S/C28H23ClFN5O2S/c29-21-12-32-27-24(34-21)17(11-31-27)26-33-18(10-16-13-5-7-14(8-6-13)22(16)28(36)37)23(30)25(35-26)20-9-15-3-1-2-4-19(15)38-20/h1-4,9,11-14,16,22H,5-8,10H2,(H,31,32)(H,36,37). The number of hydrogen-bond acceptors (Lipinski definition) is 6. The van der Waals surface area contributed by atoms with Gasteiger partial charge in [-0.3, -0.25) is 4.79 Å². The normalized spacial score (nSPS) is 22.9. The molecule has 0 amide bonds. The Morgan fingerprint density at radius 1 is 1.13 bits per heavy atom. The lowest BCUT2D eigenvalue weighted by Crippen LogP contribution is -2.45. The van der Waals surface area contributed by atoms with Crippen LogP contribution in [0.5, 0.6) is 0 Å². The van der Waals surface area contributed by atoms with Crippen LogP contribution in [0.25, 0.3) is 43.2 Å². The van der Waals surface area contributed by atoms with Gasteiger partial charge >= 0.3 is 5.97 Å². The van der Waals surface area contributed by atoms with E-state index in [0.29, 0.717) is 27.4 Å². The molecule has 2 unspecified atom stereocenters. The van der Waals surface area contributed by atoms with E-state index in [4.69, 9.17) is 21.6 Å². The minimum absolute atomic E-state index is 0.139. The number of carbonyl (C=O) groups is 1. The fourth-order valence-electron chi connectivity index (χ4n) is 6.53. The zero-order valence-corrected chi connectivity index (χ0v) is 21.8. The van der Waals surface area contributed by atoms with Crippen LogP contribution < -0.4 is 0 Å². The van der Waals surface area contributed by atoms with Gasteiger partial charge in [0.2, 0.25) is 0 Å². The van der Waals surface area contributed by atoms with Crippen LogP contribution in [-0.4, -0.2) is 36.0 Å². The molecule has 3 saturated carbocycles. The second kappa shape index (κ2) is 9.10. The molecule has 192 valence electrons. The lowest BCUT2D eigenvalue weighted by Gasteiger charge is -2.46. The summed E-state index contributed by atoms with van der Waals surface area (Å²) in [5, 5.41) is 11.3. The molecule has 0 radical (unpaired) electrons. The Morgan fingerprint density at radius 3 is 2.71 bits per heavy atom. The van der Waals surface area contributed by atoms with Crippen LogP contribution in [0.1, 0.15) is 31.4 Å². The quantitative estimate of drug-likeness (QED) is 0.251. The fourth-order valence-corrected chi connectivity index (χ4v) is 7.71. The highest BCUT2D eigenvalue weighted by Crippen LogP contribution is 2.50. The van der Waals surface area contributed by atoms with Crippen molar-refractivity contribution in [2.45, 2.75) is 32.1 Å². The number of aromatic nitrogens is 5. The van der Waals surface area contributed by atoms with Crippen molar-refractivity contribution in [3.8, 4) is 22.0 Å². The van der Waals surface area contributed by atoms with Gasteiger partial charge < -0.3 is 10.1 Å². The van der Waals surface area contributed by atoms with Crippen molar-refractivity contribution >= 4 is 50.2 Å². The molecule has 3 aliphatic carbocycles. The summed E-state index contributed by atoms with van der Waals surface area (Å²) in [5.41, 5.74) is 2.05. The number of benzene rings is 1. The Balaban J connectivity index is 1.40. The Hall–Kier alpha value is -3.43. The number of fused-ring (bicyclic) bond motifs is 5. The third kappa shape index (κ3) is 3.87. The molecule has 5 aromatic rings. The monoisotopic (exact) mass is 547 g/mol. The predicted molar refractivity (Wildman–Crippen MR) is 144 cm³/mol. The largest absolute Gasteiger partial charge is 0.481 e. The molecule has 4 aromatic heterocycles. The third-order valence-electron chi connectivity index (χ3n) is 8.28. The molecule has 3 aliphatic rings. The van der Waals surface area contributed by atoms with Crippen molar-refractivity contribution in [3.63, 3.8) is 0 Å². The second-order valence-electron chi connectivity index (χ2n) is 10.3. The summed E-state index contributed by atoms with van der Waals surface area (Å²) >= 11 is 7.60. The second-order valence-corrected chi connectivity index (χ2v) is 11.8. The highest BCUT2D eigenvalue weighted by atomic mass is 35.5. The maximum Gasteiger partial charge on any atom is 0.307 e. The number of hydrogen-bond donors (Lipinski definition) is 2. The number of aliphatic carboxylic acids is 1. The first-order valence-corrected chi connectivity index (χ1v) is 13.9. The minimum atomic E-state index is -0.787. The Kier molecular flexibility index (Phi) is 5.67. The first-order valence-electron chi connectivity index (χ1n) is 12.7. The Labute approximate surface area is 226 Å². The van der Waals surface area contributed by atoms with E-state index >= 15 is 4.39 Å². The minimum Gasteiger partial charge on any atom is -0.481 e. The van der Waals surface area contributed by atoms with E-state index in [-0.39, 0.29) is 40.7 Å². The van der Waals surface area contributed by atoms with Crippen molar-refractivity contribution in [3.05, 3.63) is 59.4 Å². The number of carboxylic acid groups (broad SMARTS) is 1. The Morgan fingerprint density at radius 2 is 1.92 bits per heavy atom. The fraction of sp³-hybridized carbons (Fsp3) is 0.321. The van der Waals surface area contributed by atoms with Crippen LogP contribution >= 0.6 is 22.9 Å². The van der Waals surface area contributed by atoms with Gasteiger partial charge in [-0.15, -0.1) is 11.3 Å². The average molecular weight is 548 g/mol. The number of carboxylic acids is 1. The van der Waals surface area contributed by atoms with E-state index in [9.17, 15) is 9.90 Å². The zero-order chi connectivity index (χ0) is 26.0. The van der Waals surface area contributed by atoms with E-state index in [0.717, 1.165) is 35.8 Å². The van der Waals surface area contributed by atoms with Crippen LogP contribution in [0.3, 0.4) is 0 Å². The van der Waals surface area contributed by atoms with E-state index in [1.54, 1.807) is 6.20 Å². The molecule has 0 spiro atoms. The first-order chi connectivity index (χ1) is 18.5. The molecular weight excluding hydrogens is 525 g/mol. The maximum absolute atomic E-state index is 16.3. The zero-order valence-electron chi connectivity index (χ0n) is 20.2. The van der Waals surface area contributed by atoms with Crippen LogP contribution in [0.15, 0.2) is 42.7 Å². The van der Waals surface area contributed by atoms with Gasteiger partial charge in [0.15, 0.2) is 17.3 Å². The van der Waals surface area contributed by atoms with E-state index in [2.05, 4.69) is 15.0 Å². The van der Waals surface area contributed by atoms with Gasteiger partial charge in [-0.05, 0) is 67.4 Å². The molecular formula is C28H23ClFN5O2S. The summed E-state index contributed by atoms with van der Waals surface area (Å²) in [5.74, 6) is -1.22. The number of rotatable bonds is 5. The van der Waals surface area contributed by atoms with Crippen molar-refractivity contribution in [1.82, 2.24) is 24.9 Å². The smallest absolute Gasteiger partial charge is 0.307 e. The van der Waals surface area contributed by atoms with Gasteiger partial charge in [-0.1, -0.05) is 29.8 Å². The van der Waals surface area contributed by atoms with Crippen LogP contribution in [0.2, 0.25) is 5.15 Å². The van der Waals surface area contributed by atoms with Gasteiger partial charge in [0.1, 0.15) is 16.4 Å². The molecule has 8 rings (SSSR count). The highest BCUT2D eigenvalue weighted by molar-refractivity contribution is 7.22. The summed E-state index contributed by atoms with van der Waals surface area (Å²) in [6, 6.07) is 9.83. The van der Waals surface area contributed by atoms with E-state index in [1.165, 1.54) is 17.5 Å². The van der Waals surface area contributed by atoms with Crippen molar-refractivity contribution < 1.29 is 14.3 Å². The van der Waals surface area contributed by atoms with Crippen molar-refractivity contribution in [2.75, 3.05) is 0 Å². The SMILES string of the molecule is O=C(O)C1C2CCC(CC2)C1Cc1nc(-c2c[nH]c3ncc(Cl)nc23)nc(-c2cc3ccccc3s2)c1F. The lowest BCUT2D eigenvalue weighted by atomic mass is 9.57. The van der Waals surface area contributed by atoms with E-state index in [1.807, 2.05) is 30.3 Å². The van der Waals surface area contributed by atoms with Gasteiger partial charge in [0.25, 0.3) is 0 Å². The van der Waals surface area contributed by atoms with Crippen LogP contribution in [0.4, 0.5) is 4.39 Å². The predicted octanol–water partition coefficient (Wildman–Crippen LogP) is 6.77. The highest BCUT2D eigenvalue weighted by Gasteiger charge is 2.47. The molecule has 7 nitrogen and oxygen atoms in total. The van der Waals surface area contributed by atoms with Gasteiger partial charge in [0.05, 0.1) is 28.2 Å². The number of aromatic amines is 1. The Bertz CT molecular complexity index is 1680. The summed E-state index contributed by atoms with van der Waals surface area (Å²) in [7, 11) is 0. The number of nitrogens with zero attached hydrogens (tertiary/aromatic N) is 4. The number of thiophene rings is 1. The molecule has 4 heterocycles. The molecule has 1 aromatic carbocycles. The van der Waals surface area contributed by atoms with Gasteiger partial charge in [-0.2, -0.15) is 0 Å². The van der Waals surface area contributed by atoms with Gasteiger partial charge in [-0.25, -0.2) is 24.3 Å². The molecule has 0 saturated heterocycles. The lowest BCUT2D eigenvalue weighted by molar-refractivity contribution is -0.152. The summed E-state index contributed by atoms with van der Waals surface area (Å²) < 4.78 is 17.3. The van der Waals surface area contributed by atoms with Crippen molar-refractivity contribution in [1.29, 1.82) is 0 Å². The van der Waals surface area contributed by atoms with E-state index < -0.39 is 17.7 Å². The van der Waals surface area contributed by atoms with Crippen LogP contribution in [0, 0.1) is 29.5 Å². The molecule has 2 N–H and O–H groups in total.